The second-order valence-corrected chi connectivity index (χ2v) is 5.82. The van der Waals surface area contributed by atoms with E-state index in [-0.39, 0.29) is 17.8 Å². The fraction of sp³-hybridized carbons (Fsp3) is 0.294. The molecule has 1 aromatic carbocycles. The van der Waals surface area contributed by atoms with Crippen molar-refractivity contribution in [1.29, 1.82) is 0 Å². The molecule has 3 aromatic rings. The largest absolute Gasteiger partial charge is 0.336 e. The Morgan fingerprint density at radius 3 is 2.71 bits per heavy atom. The van der Waals surface area contributed by atoms with Gasteiger partial charge in [0, 0.05) is 25.0 Å². The van der Waals surface area contributed by atoms with Gasteiger partial charge in [-0.2, -0.15) is 10.1 Å². The number of fused-ring (bicyclic) bond motifs is 1. The Bertz CT molecular complexity index is 844. The fourth-order valence-electron chi connectivity index (χ4n) is 2.49. The van der Waals surface area contributed by atoms with Crippen molar-refractivity contribution in [1.82, 2.24) is 24.5 Å². The molecule has 0 N–H and O–H groups in total. The molecule has 2 heterocycles. The molecule has 24 heavy (non-hydrogen) atoms. The van der Waals surface area contributed by atoms with E-state index in [1.807, 2.05) is 13.8 Å². The highest BCUT2D eigenvalue weighted by Crippen LogP contribution is 2.11. The number of aromatic nitrogens is 4. The fourth-order valence-corrected chi connectivity index (χ4v) is 2.49. The van der Waals surface area contributed by atoms with E-state index in [2.05, 4.69) is 15.1 Å². The number of hydrogen-bond acceptors (Lipinski definition) is 4. The van der Waals surface area contributed by atoms with Gasteiger partial charge >= 0.3 is 0 Å². The minimum absolute atomic E-state index is 0.0318. The number of benzene rings is 1. The maximum absolute atomic E-state index is 13.0. The summed E-state index contributed by atoms with van der Waals surface area (Å²) in [4.78, 5) is 22.7. The first kappa shape index (κ1) is 16.0. The lowest BCUT2D eigenvalue weighted by Crippen LogP contribution is -2.38. The Hall–Kier alpha value is -2.83. The van der Waals surface area contributed by atoms with Crippen LogP contribution >= 0.6 is 0 Å². The lowest BCUT2D eigenvalue weighted by Gasteiger charge is -2.26. The minimum Gasteiger partial charge on any atom is -0.336 e. The molecule has 0 saturated heterocycles. The maximum atomic E-state index is 13.0. The van der Waals surface area contributed by atoms with Crippen LogP contribution in [0.1, 0.15) is 29.8 Å². The summed E-state index contributed by atoms with van der Waals surface area (Å²) in [5.41, 5.74) is 1.44. The molecule has 2 aromatic heterocycles. The van der Waals surface area contributed by atoms with Gasteiger partial charge in [0.25, 0.3) is 11.7 Å². The number of nitrogens with zero attached hydrogens (tertiary/aromatic N) is 5. The van der Waals surface area contributed by atoms with Crippen LogP contribution in [-0.2, 0) is 6.42 Å². The first-order valence-electron chi connectivity index (χ1n) is 7.75. The van der Waals surface area contributed by atoms with Gasteiger partial charge in [0.15, 0.2) is 0 Å². The quantitative estimate of drug-likeness (QED) is 0.722. The third-order valence-electron chi connectivity index (χ3n) is 3.82. The summed E-state index contributed by atoms with van der Waals surface area (Å²) in [5, 5.41) is 4.00. The summed E-state index contributed by atoms with van der Waals surface area (Å²) in [7, 11) is 0. The van der Waals surface area contributed by atoms with Gasteiger partial charge in [-0.15, -0.1) is 0 Å². The summed E-state index contributed by atoms with van der Waals surface area (Å²) in [6.07, 6.45) is 5.19. The highest BCUT2D eigenvalue weighted by Gasteiger charge is 2.19. The van der Waals surface area contributed by atoms with Crippen LogP contribution in [0.15, 0.2) is 43.0 Å². The number of rotatable bonds is 5. The zero-order valence-electron chi connectivity index (χ0n) is 13.6. The maximum Gasteiger partial charge on any atom is 0.257 e. The van der Waals surface area contributed by atoms with E-state index in [0.29, 0.717) is 24.3 Å². The van der Waals surface area contributed by atoms with Crippen molar-refractivity contribution < 1.29 is 9.18 Å². The van der Waals surface area contributed by atoms with Gasteiger partial charge < -0.3 is 4.90 Å². The molecule has 0 radical (unpaired) electrons. The highest BCUT2D eigenvalue weighted by molar-refractivity contribution is 5.94. The molecule has 6 nitrogen and oxygen atoms in total. The summed E-state index contributed by atoms with van der Waals surface area (Å²) >= 11 is 0. The summed E-state index contributed by atoms with van der Waals surface area (Å²) < 4.78 is 14.5. The van der Waals surface area contributed by atoms with E-state index < -0.39 is 0 Å². The van der Waals surface area contributed by atoms with Crippen LogP contribution in [0, 0.1) is 5.82 Å². The standard InChI is InChI=1S/C17H18FN5O/c1-12(2)22(8-7-13-3-5-15(18)6-4-13)16(24)14-9-19-17-20-11-21-23(17)10-14/h3-6,9-12H,7-8H2,1-2H3. The van der Waals surface area contributed by atoms with Gasteiger partial charge in [-0.1, -0.05) is 12.1 Å². The molecular formula is C17H18FN5O. The highest BCUT2D eigenvalue weighted by atomic mass is 19.1. The summed E-state index contributed by atoms with van der Waals surface area (Å²) in [6, 6.07) is 6.37. The molecule has 0 aliphatic heterocycles. The van der Waals surface area contributed by atoms with Crippen molar-refractivity contribution in [2.75, 3.05) is 6.54 Å². The van der Waals surface area contributed by atoms with Gasteiger partial charge in [-0.05, 0) is 38.0 Å². The molecule has 0 fully saturated rings. The van der Waals surface area contributed by atoms with Crippen LogP contribution < -0.4 is 0 Å². The zero-order chi connectivity index (χ0) is 17.1. The zero-order valence-corrected chi connectivity index (χ0v) is 13.6. The Labute approximate surface area is 139 Å². The third kappa shape index (κ3) is 3.40. The normalized spacial score (nSPS) is 11.2. The van der Waals surface area contributed by atoms with E-state index in [1.54, 1.807) is 23.2 Å². The van der Waals surface area contributed by atoms with E-state index in [9.17, 15) is 9.18 Å². The first-order chi connectivity index (χ1) is 11.5. The van der Waals surface area contributed by atoms with Crippen molar-refractivity contribution in [2.45, 2.75) is 26.3 Å². The van der Waals surface area contributed by atoms with E-state index in [4.69, 9.17) is 0 Å². The van der Waals surface area contributed by atoms with Crippen LogP contribution in [-0.4, -0.2) is 43.0 Å². The number of carbonyl (C=O) groups is 1. The number of amides is 1. The smallest absolute Gasteiger partial charge is 0.257 e. The van der Waals surface area contributed by atoms with Gasteiger partial charge in [0.1, 0.15) is 12.1 Å². The molecule has 3 rings (SSSR count). The molecule has 0 bridgehead atoms. The first-order valence-corrected chi connectivity index (χ1v) is 7.75. The Balaban J connectivity index is 1.76. The molecule has 7 heteroatoms. The van der Waals surface area contributed by atoms with E-state index in [0.717, 1.165) is 5.56 Å². The second-order valence-electron chi connectivity index (χ2n) is 5.82. The Morgan fingerprint density at radius 1 is 1.25 bits per heavy atom. The Kier molecular flexibility index (Phi) is 4.50. The summed E-state index contributed by atoms with van der Waals surface area (Å²) in [6.45, 7) is 4.46. The van der Waals surface area contributed by atoms with Crippen LogP contribution in [0.2, 0.25) is 0 Å². The van der Waals surface area contributed by atoms with Gasteiger partial charge in [0.05, 0.1) is 5.56 Å². The average molecular weight is 327 g/mol. The van der Waals surface area contributed by atoms with Crippen LogP contribution in [0.25, 0.3) is 5.78 Å². The van der Waals surface area contributed by atoms with E-state index >= 15 is 0 Å². The Morgan fingerprint density at radius 2 is 2.00 bits per heavy atom. The molecule has 0 spiro atoms. The topological polar surface area (TPSA) is 63.4 Å². The van der Waals surface area contributed by atoms with Crippen LogP contribution in [0.5, 0.6) is 0 Å². The molecular weight excluding hydrogens is 309 g/mol. The minimum atomic E-state index is -0.261. The van der Waals surface area contributed by atoms with Crippen molar-refractivity contribution in [2.24, 2.45) is 0 Å². The monoisotopic (exact) mass is 327 g/mol. The average Bonchev–Trinajstić information content (AvgIpc) is 3.03. The van der Waals surface area contributed by atoms with Crippen LogP contribution in [0.3, 0.4) is 0 Å². The predicted molar refractivity (Wildman–Crippen MR) is 87.1 cm³/mol. The van der Waals surface area contributed by atoms with Gasteiger partial charge in [-0.25, -0.2) is 13.9 Å². The molecule has 124 valence electrons. The predicted octanol–water partition coefficient (Wildman–Crippen LogP) is 2.36. The number of carbonyl (C=O) groups excluding carboxylic acids is 1. The second kappa shape index (κ2) is 6.74. The van der Waals surface area contributed by atoms with Crippen molar-refractivity contribution in [3.63, 3.8) is 0 Å². The van der Waals surface area contributed by atoms with Gasteiger partial charge in [0.2, 0.25) is 0 Å². The molecule has 0 aliphatic rings. The number of hydrogen-bond donors (Lipinski definition) is 0. The van der Waals surface area contributed by atoms with Crippen molar-refractivity contribution >= 4 is 11.7 Å². The van der Waals surface area contributed by atoms with E-state index in [1.165, 1.54) is 29.2 Å². The molecule has 0 atom stereocenters. The molecule has 1 amide bonds. The lowest BCUT2D eigenvalue weighted by atomic mass is 10.1. The summed E-state index contributed by atoms with van der Waals surface area (Å²) in [5.74, 6) is 0.0775. The molecule has 0 saturated carbocycles. The van der Waals surface area contributed by atoms with Crippen molar-refractivity contribution in [3.8, 4) is 0 Å². The van der Waals surface area contributed by atoms with Gasteiger partial charge in [-0.3, -0.25) is 4.79 Å². The SMILES string of the molecule is CC(C)N(CCc1ccc(F)cc1)C(=O)c1cnc2ncnn2c1. The molecule has 0 unspecified atom stereocenters. The number of halogens is 1. The molecule has 0 aliphatic carbocycles. The lowest BCUT2D eigenvalue weighted by molar-refractivity contribution is 0.0707. The third-order valence-corrected chi connectivity index (χ3v) is 3.82. The van der Waals surface area contributed by atoms with Crippen molar-refractivity contribution in [3.05, 3.63) is 59.9 Å². The van der Waals surface area contributed by atoms with Crippen LogP contribution in [0.4, 0.5) is 4.39 Å².